The Hall–Kier alpha value is -4.52. The molecule has 4 aromatic rings. The van der Waals surface area contributed by atoms with Crippen molar-refractivity contribution in [2.75, 3.05) is 35.2 Å². The van der Waals surface area contributed by atoms with E-state index in [1.807, 2.05) is 27.7 Å². The number of nitrogens with zero attached hydrogens (tertiary/aromatic N) is 6. The fourth-order valence-corrected chi connectivity index (χ4v) is 8.71. The Bertz CT molecular complexity index is 2690. The number of halogens is 2. The molecule has 4 atom stereocenters. The minimum absolute atomic E-state index is 0. The Kier molecular flexibility index (Phi) is 20.8. The van der Waals surface area contributed by atoms with Crippen molar-refractivity contribution in [3.05, 3.63) is 94.8 Å². The van der Waals surface area contributed by atoms with Crippen molar-refractivity contribution in [2.24, 2.45) is 0 Å². The van der Waals surface area contributed by atoms with E-state index >= 15 is 0 Å². The molecule has 2 aliphatic heterocycles. The van der Waals surface area contributed by atoms with Crippen LogP contribution in [0.3, 0.4) is 0 Å². The van der Waals surface area contributed by atoms with Gasteiger partial charge in [0, 0.05) is 74.0 Å². The van der Waals surface area contributed by atoms with Gasteiger partial charge in [-0.2, -0.15) is 0 Å². The number of carbonyl (C=O) groups excluding carboxylic acids is 2. The molecule has 0 spiro atoms. The summed E-state index contributed by atoms with van der Waals surface area (Å²) in [6, 6.07) is 11.5. The molecule has 73 heavy (non-hydrogen) atoms. The van der Waals surface area contributed by atoms with Crippen molar-refractivity contribution in [1.82, 2.24) is 19.9 Å². The summed E-state index contributed by atoms with van der Waals surface area (Å²) in [5.41, 5.74) is 4.41. The van der Waals surface area contributed by atoms with Gasteiger partial charge in [-0.1, -0.05) is 52.0 Å². The Labute approximate surface area is 456 Å². The zero-order valence-corrected chi connectivity index (χ0v) is 46.9. The standard InChI is InChI=1S/2C25H32FN3O6S.Ca/c2*1-15(2)22-20(12-11-18-13-19(14-21(30)31)35-25(3,4)34-18)23(16-7-9-17(26)10-8-16)28-24(27-22)29(5)36(6,32)33;/h2*7-12,15,18-19H,13-14H2,1-6H3,(H,30,31);/q;;+2/p-2/b2*12-11+;. The number of carboxylic acids is 2. The van der Waals surface area contributed by atoms with Crippen LogP contribution in [0, 0.1) is 11.6 Å². The van der Waals surface area contributed by atoms with Gasteiger partial charge in [0.15, 0.2) is 11.6 Å². The summed E-state index contributed by atoms with van der Waals surface area (Å²) in [6.45, 7) is 14.5. The van der Waals surface area contributed by atoms with Crippen LogP contribution in [0.2, 0.25) is 0 Å². The predicted octanol–water partition coefficient (Wildman–Crippen LogP) is 5.35. The maximum atomic E-state index is 13.7. The molecule has 2 aromatic carbocycles. The van der Waals surface area contributed by atoms with Gasteiger partial charge in [-0.15, -0.1) is 0 Å². The fraction of sp³-hybridized carbons (Fsp3) is 0.480. The van der Waals surface area contributed by atoms with Crippen LogP contribution < -0.4 is 18.8 Å². The molecule has 18 nitrogen and oxygen atoms in total. The number of hydrogen-bond acceptors (Lipinski definition) is 16. The molecule has 23 heteroatoms. The Morgan fingerprint density at radius 3 is 1.22 bits per heavy atom. The second-order valence-electron chi connectivity index (χ2n) is 19.1. The SMILES string of the molecule is CC(C)c1nc(N(C)S(C)(=O)=O)nc(-c2ccc(F)cc2)c1/C=C/C1CC(CC(=O)[O-])OC(C)(C)O1.CC(C)c1nc(N(C)S(C)(=O)=O)nc(-c2ccc(F)cc2)c1/C=C/C1CC(CC(=O)[O-])OC(C)(C)O1.[Ca+2]. The van der Waals surface area contributed by atoms with E-state index in [1.54, 1.807) is 76.3 Å². The average Bonchev–Trinajstić information content (AvgIpc) is 3.25. The zero-order chi connectivity index (χ0) is 53.7. The number of aliphatic carboxylic acids is 2. The molecule has 0 N–H and O–H groups in total. The number of anilines is 2. The smallest absolute Gasteiger partial charge is 0.550 e. The molecule has 2 aliphatic rings. The summed E-state index contributed by atoms with van der Waals surface area (Å²) >= 11 is 0. The number of benzene rings is 2. The van der Waals surface area contributed by atoms with Crippen molar-refractivity contribution >= 4 is 93.8 Å². The van der Waals surface area contributed by atoms with Crippen LogP contribution in [0.5, 0.6) is 0 Å². The minimum atomic E-state index is -3.63. The molecule has 2 fully saturated rings. The van der Waals surface area contributed by atoms with Crippen LogP contribution in [0.4, 0.5) is 20.7 Å². The largest absolute Gasteiger partial charge is 2.00 e. The molecule has 0 aliphatic carbocycles. The Morgan fingerprint density at radius 2 is 0.945 bits per heavy atom. The summed E-state index contributed by atoms with van der Waals surface area (Å²) in [4.78, 5) is 40.4. The monoisotopic (exact) mass is 1080 g/mol. The first-order chi connectivity index (χ1) is 33.3. The van der Waals surface area contributed by atoms with Crippen molar-refractivity contribution in [2.45, 2.75) is 129 Å². The molecular formula is C50H62CaF2N6O12S2. The Balaban J connectivity index is 0.000000312. The van der Waals surface area contributed by atoms with Gasteiger partial charge < -0.3 is 38.7 Å². The van der Waals surface area contributed by atoms with E-state index in [2.05, 4.69) is 19.9 Å². The molecule has 4 unspecified atom stereocenters. The number of ether oxygens (including phenoxy) is 4. The number of carbonyl (C=O) groups is 2. The summed E-state index contributed by atoms with van der Waals surface area (Å²) in [6.07, 6.45) is 7.20. The third kappa shape index (κ3) is 17.3. The maximum absolute atomic E-state index is 13.7. The first-order valence-electron chi connectivity index (χ1n) is 23.0. The van der Waals surface area contributed by atoms with Crippen LogP contribution in [-0.2, 0) is 48.6 Å². The topological polar surface area (TPSA) is 244 Å². The Morgan fingerprint density at radius 1 is 0.630 bits per heavy atom. The molecule has 0 bridgehead atoms. The molecule has 4 heterocycles. The van der Waals surface area contributed by atoms with E-state index in [4.69, 9.17) is 18.9 Å². The van der Waals surface area contributed by atoms with E-state index in [-0.39, 0.29) is 74.3 Å². The number of rotatable bonds is 16. The van der Waals surface area contributed by atoms with Gasteiger partial charge in [-0.05, 0) is 88.1 Å². The first-order valence-corrected chi connectivity index (χ1v) is 26.7. The predicted molar refractivity (Wildman–Crippen MR) is 269 cm³/mol. The summed E-state index contributed by atoms with van der Waals surface area (Å²) < 4.78 is 101. The van der Waals surface area contributed by atoms with E-state index in [0.717, 1.165) is 21.1 Å². The van der Waals surface area contributed by atoms with Gasteiger partial charge in [0.05, 0.1) is 59.7 Å². The molecule has 2 saturated heterocycles. The normalized spacial score (nSPS) is 19.8. The number of aromatic nitrogens is 4. The first kappa shape index (κ1) is 61.0. The average molecular weight is 1080 g/mol. The van der Waals surface area contributed by atoms with Gasteiger partial charge >= 0.3 is 37.7 Å². The summed E-state index contributed by atoms with van der Waals surface area (Å²) in [5, 5.41) is 22.3. The van der Waals surface area contributed by atoms with Crippen molar-refractivity contribution in [1.29, 1.82) is 0 Å². The van der Waals surface area contributed by atoms with Gasteiger partial charge in [-0.25, -0.2) is 54.2 Å². The molecular weight excluding hydrogens is 1020 g/mol. The third-order valence-electron chi connectivity index (χ3n) is 11.3. The summed E-state index contributed by atoms with van der Waals surface area (Å²) in [7, 11) is -4.53. The van der Waals surface area contributed by atoms with Crippen LogP contribution >= 0.6 is 0 Å². The second-order valence-corrected chi connectivity index (χ2v) is 23.1. The fourth-order valence-electron chi connectivity index (χ4n) is 7.95. The van der Waals surface area contributed by atoms with Crippen molar-refractivity contribution in [3.63, 3.8) is 0 Å². The quantitative estimate of drug-likeness (QED) is 0.128. The molecule has 6 rings (SSSR count). The molecule has 2 aromatic heterocycles. The molecule has 0 radical (unpaired) electrons. The molecule has 0 saturated carbocycles. The number of hydrogen-bond donors (Lipinski definition) is 0. The van der Waals surface area contributed by atoms with Crippen molar-refractivity contribution < 1.29 is 64.4 Å². The van der Waals surface area contributed by atoms with E-state index in [9.17, 15) is 45.4 Å². The van der Waals surface area contributed by atoms with E-state index in [0.29, 0.717) is 57.9 Å². The third-order valence-corrected chi connectivity index (χ3v) is 13.6. The van der Waals surface area contributed by atoms with Crippen LogP contribution in [0.1, 0.15) is 115 Å². The van der Waals surface area contributed by atoms with Gasteiger partial charge in [0.25, 0.3) is 0 Å². The van der Waals surface area contributed by atoms with Crippen LogP contribution in [0.25, 0.3) is 34.7 Å². The van der Waals surface area contributed by atoms with E-state index < -0.39 is 79.6 Å². The van der Waals surface area contributed by atoms with Crippen LogP contribution in [0.15, 0.2) is 60.7 Å². The summed E-state index contributed by atoms with van der Waals surface area (Å²) in [5.74, 6) is -5.50. The minimum Gasteiger partial charge on any atom is -0.550 e. The van der Waals surface area contributed by atoms with Gasteiger partial charge in [-0.3, -0.25) is 0 Å². The van der Waals surface area contributed by atoms with Crippen LogP contribution in [-0.4, -0.2) is 149 Å². The van der Waals surface area contributed by atoms with Gasteiger partial charge in [0.1, 0.15) is 11.6 Å². The van der Waals surface area contributed by atoms with Gasteiger partial charge in [0.2, 0.25) is 31.9 Å². The number of sulfonamides is 2. The zero-order valence-electron chi connectivity index (χ0n) is 43.1. The molecule has 0 amide bonds. The van der Waals surface area contributed by atoms with E-state index in [1.165, 1.54) is 38.4 Å². The second kappa shape index (κ2) is 24.9. The number of carboxylic acid groups (broad SMARTS) is 2. The maximum Gasteiger partial charge on any atom is 2.00 e. The van der Waals surface area contributed by atoms with Crippen molar-refractivity contribution in [3.8, 4) is 22.5 Å². The molecule has 392 valence electrons.